The normalized spacial score (nSPS) is 13.8. The van der Waals surface area contributed by atoms with Crippen molar-refractivity contribution >= 4 is 192 Å². The minimum absolute atomic E-state index is 0.879. The summed E-state index contributed by atoms with van der Waals surface area (Å²) < 4.78 is 24.4. The first-order chi connectivity index (χ1) is 38.1. The third-order valence-electron chi connectivity index (χ3n) is 16.8. The van der Waals surface area contributed by atoms with Gasteiger partial charge in [-0.25, -0.2) is 0 Å². The molecule has 19 rings (SSSR count). The van der Waals surface area contributed by atoms with E-state index in [1.54, 1.807) is 0 Å². The van der Waals surface area contributed by atoms with Crippen molar-refractivity contribution in [2.45, 2.75) is 0 Å². The second-order valence-electron chi connectivity index (χ2n) is 20.9. The van der Waals surface area contributed by atoms with E-state index in [0.29, 0.717) is 0 Å². The summed E-state index contributed by atoms with van der Waals surface area (Å²) in [6, 6.07) is 85.2. The second-order valence-corrected chi connectivity index (χ2v) is 28.7. The third kappa shape index (κ3) is 5.46. The molecule has 0 spiro atoms. The molecule has 6 heterocycles. The van der Waals surface area contributed by atoms with Crippen molar-refractivity contribution in [3.05, 3.63) is 231 Å². The fourth-order valence-electron chi connectivity index (χ4n) is 13.4. The molecule has 0 saturated heterocycles. The molecule has 77 heavy (non-hydrogen) atoms. The van der Waals surface area contributed by atoms with Crippen LogP contribution in [0.3, 0.4) is 0 Å². The van der Waals surface area contributed by atoms with E-state index in [1.165, 1.54) is 87.0 Å². The van der Waals surface area contributed by atoms with Gasteiger partial charge in [0.1, 0.15) is 0 Å². The van der Waals surface area contributed by atoms with Gasteiger partial charge in [0.25, 0.3) is 0 Å². The standard InChI is InChI=1S/C70H38N3O3.Bi/c1-4-14-45-33-68-58(30-42(45)11-1)61-38-53(23-26-65(61)74-68)71-49-18-9-20-51(36-49)72(54-24-27-66-62(39-54)59-31-43-12-2-5-15-46(43)34-69(59)75-66)56-29-48-17-7-8-22-57(48)64(41-56)73(52-21-10-19-50(71)37-52)55-25-28-67-63(40-55)60-32-44-13-3-6-16-47(44)35-70(60)76-67;/h1-35,38-40H;. The van der Waals surface area contributed by atoms with Gasteiger partial charge in [0.05, 0.1) is 0 Å². The van der Waals surface area contributed by atoms with Crippen molar-refractivity contribution in [1.29, 1.82) is 0 Å². The van der Waals surface area contributed by atoms with Crippen LogP contribution >= 0.6 is 0 Å². The Balaban J connectivity index is 0.915. The van der Waals surface area contributed by atoms with Gasteiger partial charge in [-0.15, -0.1) is 0 Å². The molecule has 0 aliphatic carbocycles. The van der Waals surface area contributed by atoms with Crippen LogP contribution in [-0.2, 0) is 0 Å². The summed E-state index contributed by atoms with van der Waals surface area (Å²) in [7, 11) is 0. The van der Waals surface area contributed by atoms with Crippen molar-refractivity contribution in [3.8, 4) is 0 Å². The van der Waals surface area contributed by atoms with Gasteiger partial charge < -0.3 is 0 Å². The molecule has 0 atom stereocenters. The van der Waals surface area contributed by atoms with Crippen LogP contribution in [0.2, 0.25) is 0 Å². The maximum atomic E-state index is 6.68. The Morgan fingerprint density at radius 2 is 0.584 bits per heavy atom. The third-order valence-corrected chi connectivity index (χ3v) is 27.3. The monoisotopic (exact) mass is 1180 g/mol. The average molecular weight is 1180 g/mol. The van der Waals surface area contributed by atoms with E-state index < -0.39 is 21.8 Å². The van der Waals surface area contributed by atoms with Gasteiger partial charge in [-0.2, -0.15) is 0 Å². The number of nitrogens with zero attached hydrogens (tertiary/aromatic N) is 3. The van der Waals surface area contributed by atoms with Crippen LogP contribution in [0.4, 0.5) is 51.2 Å². The van der Waals surface area contributed by atoms with Crippen LogP contribution in [0.15, 0.2) is 244 Å². The fraction of sp³-hybridized carbons (Fsp3) is 0. The molecule has 0 radical (unpaired) electrons. The summed E-state index contributed by atoms with van der Waals surface area (Å²) in [4.78, 5) is 7.75. The summed E-state index contributed by atoms with van der Waals surface area (Å²) in [6.07, 6.45) is 0. The van der Waals surface area contributed by atoms with Crippen molar-refractivity contribution in [2.24, 2.45) is 0 Å². The van der Waals surface area contributed by atoms with Gasteiger partial charge in [-0.3, -0.25) is 0 Å². The van der Waals surface area contributed by atoms with Crippen LogP contribution in [0.25, 0.3) is 109 Å². The summed E-state index contributed by atoms with van der Waals surface area (Å²) in [5.74, 6) is 0. The Morgan fingerprint density at radius 1 is 0.234 bits per heavy atom. The Labute approximate surface area is 447 Å². The second kappa shape index (κ2) is 14.7. The number of hydrogen-bond donors (Lipinski definition) is 0. The molecular formula is C70H38BiN3O3. The molecule has 356 valence electrons. The van der Waals surface area contributed by atoms with E-state index in [2.05, 4.69) is 245 Å². The van der Waals surface area contributed by atoms with Crippen LogP contribution in [0.1, 0.15) is 0 Å². The molecule has 7 heteroatoms. The minimum atomic E-state index is -3.35. The number of furan rings is 3. The predicted octanol–water partition coefficient (Wildman–Crippen LogP) is 17.9. The number of rotatable bonds is 3. The SMILES string of the molecule is c1cc2[c]3c(c1)N(c1ccc4oc5cc6ccccc6cc5c4c1)c1cc4ccccc4c4[c]1[Bi]3[c]1c(cccc1N4c1ccc3oc4cc5ccccc5cc4c3c1)N2c1ccc2oc3cc4ccccc4cc3c2c1. The van der Waals surface area contributed by atoms with E-state index in [1.807, 2.05) is 0 Å². The first-order valence-electron chi connectivity index (χ1n) is 26.2. The zero-order valence-corrected chi connectivity index (χ0v) is 44.4. The fourth-order valence-corrected chi connectivity index (χ4v) is 25.5. The zero-order chi connectivity index (χ0) is 49.8. The molecule has 13 aromatic carbocycles. The Bertz CT molecular complexity index is 5340. The summed E-state index contributed by atoms with van der Waals surface area (Å²) in [5.41, 5.74) is 16.1. The van der Waals surface area contributed by atoms with Crippen LogP contribution in [0.5, 0.6) is 0 Å². The molecule has 0 unspecified atom stereocenters. The van der Waals surface area contributed by atoms with Crippen LogP contribution < -0.4 is 24.5 Å². The van der Waals surface area contributed by atoms with E-state index >= 15 is 0 Å². The molecule has 6 nitrogen and oxygen atoms in total. The quantitative estimate of drug-likeness (QED) is 0.164. The molecule has 3 aliphatic heterocycles. The number of anilines is 9. The molecule has 3 aliphatic rings. The van der Waals surface area contributed by atoms with E-state index in [9.17, 15) is 0 Å². The number of fused-ring (bicyclic) bond motifs is 14. The van der Waals surface area contributed by atoms with E-state index in [0.717, 1.165) is 82.9 Å². The molecule has 16 aromatic rings. The van der Waals surface area contributed by atoms with Crippen LogP contribution in [-0.4, -0.2) is 21.8 Å². The van der Waals surface area contributed by atoms with Gasteiger partial charge in [0, 0.05) is 0 Å². The molecular weight excluding hydrogens is 1140 g/mol. The first-order valence-corrected chi connectivity index (χ1v) is 31.4. The van der Waals surface area contributed by atoms with Gasteiger partial charge in [0.2, 0.25) is 0 Å². The zero-order valence-electron chi connectivity index (χ0n) is 41.0. The Kier molecular flexibility index (Phi) is 7.81. The van der Waals surface area contributed by atoms with Gasteiger partial charge in [-0.05, 0) is 0 Å². The summed E-state index contributed by atoms with van der Waals surface area (Å²) in [5, 5.41) is 16.2. The molecule has 3 aromatic heterocycles. The van der Waals surface area contributed by atoms with E-state index in [-0.39, 0.29) is 0 Å². The molecule has 0 fully saturated rings. The topological polar surface area (TPSA) is 49.1 Å². The predicted molar refractivity (Wildman–Crippen MR) is 321 cm³/mol. The van der Waals surface area contributed by atoms with Crippen molar-refractivity contribution in [3.63, 3.8) is 0 Å². The van der Waals surface area contributed by atoms with Crippen LogP contribution in [0, 0.1) is 0 Å². The summed E-state index contributed by atoms with van der Waals surface area (Å²) in [6.45, 7) is 0. The van der Waals surface area contributed by atoms with E-state index in [4.69, 9.17) is 13.3 Å². The van der Waals surface area contributed by atoms with Crippen molar-refractivity contribution in [2.75, 3.05) is 14.7 Å². The number of benzene rings is 13. The maximum absolute atomic E-state index is 6.68. The first kappa shape index (κ1) is 40.9. The van der Waals surface area contributed by atoms with Crippen molar-refractivity contribution in [1.82, 2.24) is 0 Å². The molecule has 0 bridgehead atoms. The molecule has 0 N–H and O–H groups in total. The number of hydrogen-bond acceptors (Lipinski definition) is 6. The molecule has 0 saturated carbocycles. The van der Waals surface area contributed by atoms with Gasteiger partial charge in [0.15, 0.2) is 0 Å². The van der Waals surface area contributed by atoms with Gasteiger partial charge in [-0.1, -0.05) is 0 Å². The Hall–Kier alpha value is -9.42. The average Bonchev–Trinajstić information content (AvgIpc) is 4.12. The molecule has 0 amide bonds. The summed E-state index contributed by atoms with van der Waals surface area (Å²) >= 11 is -3.35. The Morgan fingerprint density at radius 3 is 1.03 bits per heavy atom. The van der Waals surface area contributed by atoms with Gasteiger partial charge >= 0.3 is 450 Å². The van der Waals surface area contributed by atoms with Crippen molar-refractivity contribution < 1.29 is 13.3 Å².